The van der Waals surface area contributed by atoms with Gasteiger partial charge in [0.05, 0.1) is 5.69 Å². The van der Waals surface area contributed by atoms with Crippen molar-refractivity contribution in [2.45, 2.75) is 33.6 Å². The van der Waals surface area contributed by atoms with Crippen molar-refractivity contribution in [1.82, 2.24) is 19.9 Å². The van der Waals surface area contributed by atoms with Crippen molar-refractivity contribution in [2.75, 3.05) is 11.9 Å². The molecule has 0 spiro atoms. The number of hydrogen-bond donors (Lipinski definition) is 1. The van der Waals surface area contributed by atoms with Gasteiger partial charge in [-0.2, -0.15) is 15.0 Å². The van der Waals surface area contributed by atoms with Crippen LogP contribution in [0.5, 0.6) is 11.8 Å². The SMILES string of the molecule is CCCNc1nc(Cl)nc(Oc2ccc(C)nc2CC)n1. The number of rotatable bonds is 6. The van der Waals surface area contributed by atoms with Gasteiger partial charge in [0.15, 0.2) is 5.75 Å². The molecule has 1 N–H and O–H groups in total. The maximum Gasteiger partial charge on any atom is 0.328 e. The van der Waals surface area contributed by atoms with Crippen LogP contribution >= 0.6 is 11.6 Å². The van der Waals surface area contributed by atoms with Crippen LogP contribution < -0.4 is 10.1 Å². The summed E-state index contributed by atoms with van der Waals surface area (Å²) in [7, 11) is 0. The monoisotopic (exact) mass is 307 g/mol. The molecule has 2 heterocycles. The van der Waals surface area contributed by atoms with Crippen molar-refractivity contribution in [1.29, 1.82) is 0 Å². The van der Waals surface area contributed by atoms with Gasteiger partial charge in [-0.25, -0.2) is 0 Å². The van der Waals surface area contributed by atoms with E-state index in [1.54, 1.807) is 0 Å². The number of aryl methyl sites for hydroxylation is 2. The Balaban J connectivity index is 2.24. The van der Waals surface area contributed by atoms with E-state index in [9.17, 15) is 0 Å². The van der Waals surface area contributed by atoms with E-state index in [2.05, 4.69) is 32.2 Å². The Kier molecular flexibility index (Phi) is 5.27. The third-order valence-electron chi connectivity index (χ3n) is 2.73. The van der Waals surface area contributed by atoms with Crippen LogP contribution in [0, 0.1) is 6.92 Å². The van der Waals surface area contributed by atoms with E-state index in [0.717, 1.165) is 30.8 Å². The van der Waals surface area contributed by atoms with E-state index in [4.69, 9.17) is 16.3 Å². The van der Waals surface area contributed by atoms with Crippen LogP contribution in [0.1, 0.15) is 31.7 Å². The van der Waals surface area contributed by atoms with Gasteiger partial charge in [-0.05, 0) is 43.5 Å². The van der Waals surface area contributed by atoms with Crippen LogP contribution in [0.3, 0.4) is 0 Å². The molecule has 0 aliphatic rings. The summed E-state index contributed by atoms with van der Waals surface area (Å²) in [4.78, 5) is 16.6. The molecule has 0 aliphatic heterocycles. The zero-order chi connectivity index (χ0) is 15.2. The van der Waals surface area contributed by atoms with E-state index >= 15 is 0 Å². The molecular weight excluding hydrogens is 290 g/mol. The van der Waals surface area contributed by atoms with Gasteiger partial charge in [-0.3, -0.25) is 4.98 Å². The summed E-state index contributed by atoms with van der Waals surface area (Å²) in [6.45, 7) is 6.77. The Bertz CT molecular complexity index is 620. The number of nitrogens with zero attached hydrogens (tertiary/aromatic N) is 4. The van der Waals surface area contributed by atoms with Gasteiger partial charge in [0.1, 0.15) is 0 Å². The van der Waals surface area contributed by atoms with E-state index in [0.29, 0.717) is 11.7 Å². The minimum atomic E-state index is 0.0942. The lowest BCUT2D eigenvalue weighted by molar-refractivity contribution is 0.432. The van der Waals surface area contributed by atoms with Crippen molar-refractivity contribution < 1.29 is 4.74 Å². The van der Waals surface area contributed by atoms with E-state index < -0.39 is 0 Å². The predicted molar refractivity (Wildman–Crippen MR) is 82.0 cm³/mol. The molecule has 0 saturated carbocycles. The minimum absolute atomic E-state index is 0.0942. The zero-order valence-corrected chi connectivity index (χ0v) is 13.1. The molecule has 0 radical (unpaired) electrons. The average molecular weight is 308 g/mol. The van der Waals surface area contributed by atoms with Gasteiger partial charge in [0.2, 0.25) is 11.2 Å². The topological polar surface area (TPSA) is 72.8 Å². The fourth-order valence-electron chi connectivity index (χ4n) is 1.74. The molecule has 0 saturated heterocycles. The molecule has 0 bridgehead atoms. The lowest BCUT2D eigenvalue weighted by atomic mass is 10.2. The standard InChI is InChI=1S/C14H18ClN5O/c1-4-8-16-13-18-12(15)19-14(20-13)21-11-7-6-9(3)17-10(11)5-2/h6-7H,4-5,8H2,1-3H3,(H,16,18,19,20). The zero-order valence-electron chi connectivity index (χ0n) is 12.4. The molecule has 2 rings (SSSR count). The highest BCUT2D eigenvalue weighted by Gasteiger charge is 2.10. The largest absolute Gasteiger partial charge is 0.422 e. The van der Waals surface area contributed by atoms with Crippen molar-refractivity contribution in [3.05, 3.63) is 28.8 Å². The Morgan fingerprint density at radius 2 is 1.95 bits per heavy atom. The molecule has 0 amide bonds. The third kappa shape index (κ3) is 4.26. The molecule has 0 aromatic carbocycles. The minimum Gasteiger partial charge on any atom is -0.422 e. The second kappa shape index (κ2) is 7.17. The Hall–Kier alpha value is -1.95. The van der Waals surface area contributed by atoms with E-state index in [1.807, 2.05) is 26.0 Å². The van der Waals surface area contributed by atoms with Gasteiger partial charge in [-0.15, -0.1) is 0 Å². The molecule has 6 nitrogen and oxygen atoms in total. The van der Waals surface area contributed by atoms with Gasteiger partial charge in [0.25, 0.3) is 0 Å². The van der Waals surface area contributed by atoms with Crippen LogP contribution in [-0.4, -0.2) is 26.5 Å². The molecule has 0 unspecified atom stereocenters. The van der Waals surface area contributed by atoms with Crippen molar-refractivity contribution in [2.24, 2.45) is 0 Å². The Labute approximate surface area is 129 Å². The summed E-state index contributed by atoms with van der Waals surface area (Å²) in [5.41, 5.74) is 1.80. The van der Waals surface area contributed by atoms with Gasteiger partial charge < -0.3 is 10.1 Å². The summed E-state index contributed by atoms with van der Waals surface area (Å²) >= 11 is 5.90. The molecule has 2 aromatic heterocycles. The fraction of sp³-hybridized carbons (Fsp3) is 0.429. The maximum absolute atomic E-state index is 5.90. The van der Waals surface area contributed by atoms with Crippen molar-refractivity contribution >= 4 is 17.5 Å². The molecule has 21 heavy (non-hydrogen) atoms. The summed E-state index contributed by atoms with van der Waals surface area (Å²) in [5, 5.41) is 3.15. The first-order chi connectivity index (χ1) is 10.1. The van der Waals surface area contributed by atoms with Gasteiger partial charge in [-0.1, -0.05) is 13.8 Å². The van der Waals surface area contributed by atoms with Crippen LogP contribution in [0.2, 0.25) is 5.28 Å². The molecular formula is C14H18ClN5O. The highest BCUT2D eigenvalue weighted by Crippen LogP contribution is 2.23. The number of pyridine rings is 1. The maximum atomic E-state index is 5.90. The highest BCUT2D eigenvalue weighted by molar-refractivity contribution is 6.28. The number of nitrogens with one attached hydrogen (secondary N) is 1. The summed E-state index contributed by atoms with van der Waals surface area (Å²) in [5.74, 6) is 1.04. The highest BCUT2D eigenvalue weighted by atomic mass is 35.5. The second-order valence-electron chi connectivity index (χ2n) is 4.49. The smallest absolute Gasteiger partial charge is 0.328 e. The molecule has 0 aliphatic carbocycles. The number of ether oxygens (including phenoxy) is 1. The molecule has 0 fully saturated rings. The van der Waals surface area contributed by atoms with Gasteiger partial charge in [0, 0.05) is 12.2 Å². The lowest BCUT2D eigenvalue weighted by Gasteiger charge is -2.10. The first kappa shape index (κ1) is 15.4. The molecule has 2 aromatic rings. The second-order valence-corrected chi connectivity index (χ2v) is 4.83. The number of hydrogen-bond acceptors (Lipinski definition) is 6. The Morgan fingerprint density at radius 1 is 1.14 bits per heavy atom. The van der Waals surface area contributed by atoms with Gasteiger partial charge >= 0.3 is 6.01 Å². The normalized spacial score (nSPS) is 10.5. The summed E-state index contributed by atoms with van der Waals surface area (Å²) in [6, 6.07) is 3.90. The van der Waals surface area contributed by atoms with Crippen molar-refractivity contribution in [3.63, 3.8) is 0 Å². The molecule has 0 atom stereocenters. The molecule has 7 heteroatoms. The number of anilines is 1. The average Bonchev–Trinajstić information content (AvgIpc) is 2.46. The number of halogens is 1. The van der Waals surface area contributed by atoms with Crippen molar-refractivity contribution in [3.8, 4) is 11.8 Å². The fourth-order valence-corrected chi connectivity index (χ4v) is 1.89. The van der Waals surface area contributed by atoms with E-state index in [-0.39, 0.29) is 11.3 Å². The first-order valence-electron chi connectivity index (χ1n) is 6.92. The summed E-state index contributed by atoms with van der Waals surface area (Å²) in [6.07, 6.45) is 1.72. The van der Waals surface area contributed by atoms with Crippen LogP contribution in [0.15, 0.2) is 12.1 Å². The predicted octanol–water partition coefficient (Wildman–Crippen LogP) is 3.41. The van der Waals surface area contributed by atoms with Crippen LogP contribution in [0.25, 0.3) is 0 Å². The lowest BCUT2D eigenvalue weighted by Crippen LogP contribution is -2.07. The Morgan fingerprint density at radius 3 is 2.67 bits per heavy atom. The van der Waals surface area contributed by atoms with Crippen LogP contribution in [-0.2, 0) is 6.42 Å². The third-order valence-corrected chi connectivity index (χ3v) is 2.90. The van der Waals surface area contributed by atoms with E-state index in [1.165, 1.54) is 0 Å². The number of aromatic nitrogens is 4. The summed E-state index contributed by atoms with van der Waals surface area (Å²) < 4.78 is 5.71. The molecule has 112 valence electrons. The quantitative estimate of drug-likeness (QED) is 0.881. The van der Waals surface area contributed by atoms with Crippen LogP contribution in [0.4, 0.5) is 5.95 Å². The first-order valence-corrected chi connectivity index (χ1v) is 7.30.